The Morgan fingerprint density at radius 2 is 1.95 bits per heavy atom. The van der Waals surface area contributed by atoms with Gasteiger partial charge < -0.3 is 21.1 Å². The number of hydrogen-bond donors (Lipinski definition) is 4. The first-order valence-electron chi connectivity index (χ1n) is 6.56. The van der Waals surface area contributed by atoms with Crippen molar-refractivity contribution in [2.75, 3.05) is 11.1 Å². The van der Waals surface area contributed by atoms with Crippen LogP contribution in [0.1, 0.15) is 16.1 Å². The molecule has 0 aliphatic carbocycles. The number of nitrogens with two attached hydrogens (primary N) is 1. The third-order valence-corrected chi connectivity index (χ3v) is 3.33. The van der Waals surface area contributed by atoms with Crippen LogP contribution >= 0.6 is 0 Å². The Balaban J connectivity index is 1.84. The largest absolute Gasteiger partial charge is 0.397 e. The van der Waals surface area contributed by atoms with Crippen LogP contribution in [0.4, 0.5) is 11.4 Å². The number of aromatic nitrogens is 1. The van der Waals surface area contributed by atoms with Gasteiger partial charge in [0.15, 0.2) is 0 Å². The Morgan fingerprint density at radius 3 is 2.62 bits per heavy atom. The van der Waals surface area contributed by atoms with Crippen LogP contribution in [0.15, 0.2) is 48.5 Å². The van der Waals surface area contributed by atoms with Gasteiger partial charge in [0.1, 0.15) is 5.69 Å². The molecule has 0 saturated carbocycles. The van der Waals surface area contributed by atoms with E-state index >= 15 is 0 Å². The van der Waals surface area contributed by atoms with Gasteiger partial charge in [0.25, 0.3) is 5.91 Å². The summed E-state index contributed by atoms with van der Waals surface area (Å²) in [7, 11) is 0. The average molecular weight is 281 g/mol. The highest BCUT2D eigenvalue weighted by molar-refractivity contribution is 6.07. The molecular formula is C16H15N3O2. The number of aromatic amines is 1. The van der Waals surface area contributed by atoms with Crippen LogP contribution in [-0.2, 0) is 6.61 Å². The first-order chi connectivity index (χ1) is 10.2. The number of rotatable bonds is 3. The van der Waals surface area contributed by atoms with Crippen molar-refractivity contribution >= 4 is 28.2 Å². The predicted molar refractivity (Wildman–Crippen MR) is 83.0 cm³/mol. The summed E-state index contributed by atoms with van der Waals surface area (Å²) in [5.41, 5.74) is 9.16. The van der Waals surface area contributed by atoms with Crippen molar-refractivity contribution in [2.45, 2.75) is 6.61 Å². The number of nitrogen functional groups attached to an aromatic ring is 1. The minimum absolute atomic E-state index is 0.0183. The molecule has 0 saturated heterocycles. The lowest BCUT2D eigenvalue weighted by Gasteiger charge is -2.04. The summed E-state index contributed by atoms with van der Waals surface area (Å²) in [5.74, 6) is -0.234. The summed E-state index contributed by atoms with van der Waals surface area (Å²) < 4.78 is 0. The molecule has 1 aromatic heterocycles. The number of amides is 1. The van der Waals surface area contributed by atoms with Gasteiger partial charge in [-0.05, 0) is 29.8 Å². The van der Waals surface area contributed by atoms with Crippen molar-refractivity contribution < 1.29 is 9.90 Å². The molecule has 2 aromatic carbocycles. The lowest BCUT2D eigenvalue weighted by atomic mass is 10.2. The lowest BCUT2D eigenvalue weighted by molar-refractivity contribution is 0.102. The molecule has 0 spiro atoms. The Morgan fingerprint density at radius 1 is 1.19 bits per heavy atom. The van der Waals surface area contributed by atoms with Crippen LogP contribution in [0.3, 0.4) is 0 Å². The molecule has 0 aliphatic heterocycles. The molecular weight excluding hydrogens is 266 g/mol. The standard InChI is InChI=1S/C16H15N3O2/c17-13-3-1-2-11-8-14(19-15(11)13)16(21)18-12-6-4-10(9-20)5-7-12/h1-8,19-20H,9,17H2,(H,18,21). The van der Waals surface area contributed by atoms with Gasteiger partial charge >= 0.3 is 0 Å². The topological polar surface area (TPSA) is 91.1 Å². The Bertz CT molecular complexity index is 791. The summed E-state index contributed by atoms with van der Waals surface area (Å²) >= 11 is 0. The molecule has 106 valence electrons. The van der Waals surface area contributed by atoms with E-state index in [4.69, 9.17) is 10.8 Å². The average Bonchev–Trinajstić information content (AvgIpc) is 2.94. The second kappa shape index (κ2) is 5.30. The van der Waals surface area contributed by atoms with E-state index in [9.17, 15) is 4.79 Å². The monoisotopic (exact) mass is 281 g/mol. The van der Waals surface area contributed by atoms with E-state index < -0.39 is 0 Å². The van der Waals surface area contributed by atoms with E-state index in [-0.39, 0.29) is 12.5 Å². The summed E-state index contributed by atoms with van der Waals surface area (Å²) in [4.78, 5) is 15.2. The normalized spacial score (nSPS) is 10.7. The van der Waals surface area contributed by atoms with E-state index in [1.165, 1.54) is 0 Å². The zero-order valence-corrected chi connectivity index (χ0v) is 11.3. The third-order valence-electron chi connectivity index (χ3n) is 3.33. The lowest BCUT2D eigenvalue weighted by Crippen LogP contribution is -2.12. The Kier molecular flexibility index (Phi) is 3.33. The van der Waals surface area contributed by atoms with Crippen molar-refractivity contribution in [1.82, 2.24) is 4.98 Å². The number of carbonyl (C=O) groups is 1. The third kappa shape index (κ3) is 2.59. The van der Waals surface area contributed by atoms with Gasteiger partial charge in [-0.1, -0.05) is 24.3 Å². The summed E-state index contributed by atoms with van der Waals surface area (Å²) in [6.45, 7) is -0.0183. The van der Waals surface area contributed by atoms with Crippen LogP contribution in [-0.4, -0.2) is 16.0 Å². The number of nitrogens with one attached hydrogen (secondary N) is 2. The number of para-hydroxylation sites is 1. The van der Waals surface area contributed by atoms with Crippen LogP contribution in [0.25, 0.3) is 10.9 Å². The number of H-pyrrole nitrogens is 1. The van der Waals surface area contributed by atoms with Gasteiger partial charge in [-0.25, -0.2) is 0 Å². The molecule has 0 fully saturated rings. The van der Waals surface area contributed by atoms with Gasteiger partial charge in [0.2, 0.25) is 0 Å². The number of fused-ring (bicyclic) bond motifs is 1. The second-order valence-corrected chi connectivity index (χ2v) is 4.80. The van der Waals surface area contributed by atoms with Gasteiger partial charge in [-0.2, -0.15) is 0 Å². The van der Waals surface area contributed by atoms with Crippen molar-refractivity contribution in [2.24, 2.45) is 0 Å². The van der Waals surface area contributed by atoms with E-state index in [1.807, 2.05) is 12.1 Å². The Labute approximate surface area is 121 Å². The molecule has 21 heavy (non-hydrogen) atoms. The maximum absolute atomic E-state index is 12.2. The molecule has 5 N–H and O–H groups in total. The summed E-state index contributed by atoms with van der Waals surface area (Å²) in [5, 5.41) is 12.7. The van der Waals surface area contributed by atoms with Crippen LogP contribution in [0.2, 0.25) is 0 Å². The summed E-state index contributed by atoms with van der Waals surface area (Å²) in [6, 6.07) is 14.3. The Hall–Kier alpha value is -2.79. The van der Waals surface area contributed by atoms with Crippen LogP contribution < -0.4 is 11.1 Å². The molecule has 0 bridgehead atoms. The van der Waals surface area contributed by atoms with Crippen LogP contribution in [0, 0.1) is 0 Å². The highest BCUT2D eigenvalue weighted by Crippen LogP contribution is 2.21. The number of benzene rings is 2. The number of aliphatic hydroxyl groups is 1. The second-order valence-electron chi connectivity index (χ2n) is 4.80. The van der Waals surface area contributed by atoms with E-state index in [0.29, 0.717) is 17.1 Å². The quantitative estimate of drug-likeness (QED) is 0.556. The molecule has 5 heteroatoms. The molecule has 3 rings (SSSR count). The maximum Gasteiger partial charge on any atom is 0.272 e. The molecule has 1 amide bonds. The maximum atomic E-state index is 12.2. The van der Waals surface area contributed by atoms with Gasteiger partial charge in [0, 0.05) is 11.1 Å². The van der Waals surface area contributed by atoms with Gasteiger partial charge in [-0.3, -0.25) is 4.79 Å². The SMILES string of the molecule is Nc1cccc2cc(C(=O)Nc3ccc(CO)cc3)[nH]c12. The number of hydrogen-bond acceptors (Lipinski definition) is 3. The number of aliphatic hydroxyl groups excluding tert-OH is 1. The zero-order chi connectivity index (χ0) is 14.8. The highest BCUT2D eigenvalue weighted by Gasteiger charge is 2.11. The molecule has 1 heterocycles. The highest BCUT2D eigenvalue weighted by atomic mass is 16.3. The number of anilines is 2. The fourth-order valence-electron chi connectivity index (χ4n) is 2.19. The fraction of sp³-hybridized carbons (Fsp3) is 0.0625. The molecule has 0 unspecified atom stereocenters. The van der Waals surface area contributed by atoms with Crippen molar-refractivity contribution in [3.63, 3.8) is 0 Å². The van der Waals surface area contributed by atoms with Crippen molar-refractivity contribution in [1.29, 1.82) is 0 Å². The van der Waals surface area contributed by atoms with Gasteiger partial charge in [0.05, 0.1) is 17.8 Å². The smallest absolute Gasteiger partial charge is 0.272 e. The summed E-state index contributed by atoms with van der Waals surface area (Å²) in [6.07, 6.45) is 0. The van der Waals surface area contributed by atoms with Crippen LogP contribution in [0.5, 0.6) is 0 Å². The van der Waals surface area contributed by atoms with Crippen molar-refractivity contribution in [3.8, 4) is 0 Å². The zero-order valence-electron chi connectivity index (χ0n) is 11.3. The predicted octanol–water partition coefficient (Wildman–Crippen LogP) is 2.49. The molecule has 0 atom stereocenters. The van der Waals surface area contributed by atoms with E-state index in [2.05, 4.69) is 10.3 Å². The minimum Gasteiger partial charge on any atom is -0.397 e. The first kappa shape index (κ1) is 13.2. The first-order valence-corrected chi connectivity index (χ1v) is 6.56. The van der Waals surface area contributed by atoms with Crippen molar-refractivity contribution in [3.05, 3.63) is 59.8 Å². The molecule has 0 aliphatic rings. The van der Waals surface area contributed by atoms with Gasteiger partial charge in [-0.15, -0.1) is 0 Å². The minimum atomic E-state index is -0.234. The molecule has 3 aromatic rings. The van der Waals surface area contributed by atoms with E-state index in [0.717, 1.165) is 16.5 Å². The molecule has 5 nitrogen and oxygen atoms in total. The molecule has 0 radical (unpaired) electrons. The fourth-order valence-corrected chi connectivity index (χ4v) is 2.19. The number of carbonyl (C=O) groups excluding carboxylic acids is 1. The van der Waals surface area contributed by atoms with E-state index in [1.54, 1.807) is 36.4 Å².